The van der Waals surface area contributed by atoms with Crippen molar-refractivity contribution in [3.63, 3.8) is 0 Å². The van der Waals surface area contributed by atoms with Crippen molar-refractivity contribution in [3.05, 3.63) is 35.6 Å². The molecule has 0 aliphatic heterocycles. The van der Waals surface area contributed by atoms with Gasteiger partial charge >= 0.3 is 0 Å². The predicted molar refractivity (Wildman–Crippen MR) is 43.2 cm³/mol. The van der Waals surface area contributed by atoms with Gasteiger partial charge in [0.05, 0.1) is 0 Å². The van der Waals surface area contributed by atoms with Gasteiger partial charge in [0, 0.05) is 6.54 Å². The summed E-state index contributed by atoms with van der Waals surface area (Å²) in [5.74, 6) is 0. The lowest BCUT2D eigenvalue weighted by molar-refractivity contribution is 1.12. The van der Waals surface area contributed by atoms with E-state index < -0.39 is 0 Å². The van der Waals surface area contributed by atoms with Crippen LogP contribution in [0.4, 0.5) is 0 Å². The van der Waals surface area contributed by atoms with E-state index in [1.54, 1.807) is 6.20 Å². The molecule has 2 heteroatoms. The summed E-state index contributed by atoms with van der Waals surface area (Å²) in [7, 11) is 0. The second-order valence-corrected chi connectivity index (χ2v) is 2.26. The van der Waals surface area contributed by atoms with Gasteiger partial charge in [0.1, 0.15) is 0 Å². The van der Waals surface area contributed by atoms with Crippen LogP contribution in [0.2, 0.25) is 0 Å². The minimum Gasteiger partial charge on any atom is -0.404 e. The molecule has 0 aromatic carbocycles. The van der Waals surface area contributed by atoms with E-state index in [1.807, 2.05) is 12.2 Å². The topological polar surface area (TPSA) is 52.0 Å². The molecule has 0 aromatic rings. The van der Waals surface area contributed by atoms with Crippen molar-refractivity contribution >= 4 is 0 Å². The quantitative estimate of drug-likeness (QED) is 0.556. The lowest BCUT2D eigenvalue weighted by Crippen LogP contribution is -2.03. The molecule has 0 atom stereocenters. The SMILES string of the molecule is NC=C1C=CC(CN)=CC1. The Kier molecular flexibility index (Phi) is 2.29. The molecular weight excluding hydrogens is 124 g/mol. The first-order chi connectivity index (χ1) is 4.86. The molecule has 0 fully saturated rings. The van der Waals surface area contributed by atoms with E-state index in [0.717, 1.165) is 12.0 Å². The van der Waals surface area contributed by atoms with Gasteiger partial charge in [-0.1, -0.05) is 18.2 Å². The monoisotopic (exact) mass is 136 g/mol. The van der Waals surface area contributed by atoms with E-state index in [9.17, 15) is 0 Å². The van der Waals surface area contributed by atoms with Crippen LogP contribution in [-0.2, 0) is 0 Å². The molecule has 0 aromatic heterocycles. The summed E-state index contributed by atoms with van der Waals surface area (Å²) >= 11 is 0. The van der Waals surface area contributed by atoms with Gasteiger partial charge in [-0.05, 0) is 23.8 Å². The Hall–Kier alpha value is -1.02. The van der Waals surface area contributed by atoms with Gasteiger partial charge < -0.3 is 11.5 Å². The molecule has 10 heavy (non-hydrogen) atoms. The normalized spacial score (nSPS) is 21.3. The Morgan fingerprint density at radius 2 is 2.30 bits per heavy atom. The molecule has 1 aliphatic carbocycles. The van der Waals surface area contributed by atoms with E-state index in [1.165, 1.54) is 5.57 Å². The van der Waals surface area contributed by atoms with Crippen molar-refractivity contribution in [2.75, 3.05) is 6.54 Å². The fourth-order valence-corrected chi connectivity index (χ4v) is 0.874. The van der Waals surface area contributed by atoms with Gasteiger partial charge in [-0.2, -0.15) is 0 Å². The van der Waals surface area contributed by atoms with Gasteiger partial charge in [-0.3, -0.25) is 0 Å². The summed E-state index contributed by atoms with van der Waals surface area (Å²) in [6.07, 6.45) is 8.64. The van der Waals surface area contributed by atoms with Crippen molar-refractivity contribution < 1.29 is 0 Å². The summed E-state index contributed by atoms with van der Waals surface area (Å²) < 4.78 is 0. The van der Waals surface area contributed by atoms with E-state index in [2.05, 4.69) is 6.08 Å². The van der Waals surface area contributed by atoms with Crippen molar-refractivity contribution in [1.82, 2.24) is 0 Å². The first kappa shape index (κ1) is 7.09. The van der Waals surface area contributed by atoms with E-state index >= 15 is 0 Å². The second-order valence-electron chi connectivity index (χ2n) is 2.26. The third-order valence-corrected chi connectivity index (χ3v) is 1.56. The van der Waals surface area contributed by atoms with Crippen molar-refractivity contribution in [1.29, 1.82) is 0 Å². The second kappa shape index (κ2) is 3.22. The van der Waals surface area contributed by atoms with Crippen molar-refractivity contribution in [2.24, 2.45) is 11.5 Å². The van der Waals surface area contributed by atoms with Crippen LogP contribution in [0.25, 0.3) is 0 Å². The van der Waals surface area contributed by atoms with Gasteiger partial charge in [0.2, 0.25) is 0 Å². The molecule has 0 unspecified atom stereocenters. The molecule has 54 valence electrons. The molecule has 0 amide bonds. The minimum atomic E-state index is 0.619. The third-order valence-electron chi connectivity index (χ3n) is 1.56. The molecule has 0 bridgehead atoms. The predicted octanol–water partition coefficient (Wildman–Crippen LogP) is 0.674. The number of hydrogen-bond acceptors (Lipinski definition) is 2. The zero-order valence-electron chi connectivity index (χ0n) is 5.88. The zero-order chi connectivity index (χ0) is 7.40. The van der Waals surface area contributed by atoms with Crippen molar-refractivity contribution in [3.8, 4) is 0 Å². The Morgan fingerprint density at radius 1 is 1.50 bits per heavy atom. The summed E-state index contributed by atoms with van der Waals surface area (Å²) in [5.41, 5.74) is 13.1. The van der Waals surface area contributed by atoms with Crippen LogP contribution in [0, 0.1) is 0 Å². The van der Waals surface area contributed by atoms with Crippen molar-refractivity contribution in [2.45, 2.75) is 6.42 Å². The smallest absolute Gasteiger partial charge is 0.0175 e. The van der Waals surface area contributed by atoms with Gasteiger partial charge in [-0.25, -0.2) is 0 Å². The van der Waals surface area contributed by atoms with Gasteiger partial charge in [0.15, 0.2) is 0 Å². The maximum Gasteiger partial charge on any atom is 0.0175 e. The Bertz CT molecular complexity index is 199. The van der Waals surface area contributed by atoms with Crippen LogP contribution in [0.3, 0.4) is 0 Å². The largest absolute Gasteiger partial charge is 0.404 e. The molecule has 0 heterocycles. The lowest BCUT2D eigenvalue weighted by Gasteiger charge is -2.05. The van der Waals surface area contributed by atoms with E-state index in [4.69, 9.17) is 11.5 Å². The number of rotatable bonds is 1. The molecule has 1 rings (SSSR count). The fourth-order valence-electron chi connectivity index (χ4n) is 0.874. The molecule has 0 saturated heterocycles. The zero-order valence-corrected chi connectivity index (χ0v) is 5.88. The first-order valence-electron chi connectivity index (χ1n) is 3.34. The summed E-state index contributed by atoms with van der Waals surface area (Å²) in [6.45, 7) is 0.619. The average molecular weight is 136 g/mol. The summed E-state index contributed by atoms with van der Waals surface area (Å²) in [4.78, 5) is 0. The molecule has 0 spiro atoms. The van der Waals surface area contributed by atoms with Crippen LogP contribution in [0.15, 0.2) is 35.6 Å². The van der Waals surface area contributed by atoms with E-state index in [-0.39, 0.29) is 0 Å². The Balaban J connectivity index is 2.63. The molecule has 2 nitrogen and oxygen atoms in total. The number of allylic oxidation sites excluding steroid dienone is 3. The van der Waals surface area contributed by atoms with Crippen LogP contribution in [0.5, 0.6) is 0 Å². The van der Waals surface area contributed by atoms with Crippen LogP contribution in [0.1, 0.15) is 6.42 Å². The highest BCUT2D eigenvalue weighted by atomic mass is 14.5. The molecular formula is C8H12N2. The molecule has 1 aliphatic rings. The van der Waals surface area contributed by atoms with E-state index in [0.29, 0.717) is 6.54 Å². The Morgan fingerprint density at radius 3 is 2.70 bits per heavy atom. The highest BCUT2D eigenvalue weighted by molar-refractivity contribution is 5.35. The Labute approximate surface area is 60.9 Å². The summed E-state index contributed by atoms with van der Waals surface area (Å²) in [5, 5.41) is 0. The highest BCUT2D eigenvalue weighted by Gasteiger charge is 1.97. The van der Waals surface area contributed by atoms with Gasteiger partial charge in [-0.15, -0.1) is 0 Å². The van der Waals surface area contributed by atoms with Crippen LogP contribution < -0.4 is 11.5 Å². The summed E-state index contributed by atoms with van der Waals surface area (Å²) in [6, 6.07) is 0. The number of hydrogen-bond donors (Lipinski definition) is 2. The highest BCUT2D eigenvalue weighted by Crippen LogP contribution is 2.12. The average Bonchev–Trinajstić information content (AvgIpc) is 2.05. The number of nitrogens with two attached hydrogens (primary N) is 2. The molecule has 4 N–H and O–H groups in total. The lowest BCUT2D eigenvalue weighted by atomic mass is 10.0. The third kappa shape index (κ3) is 1.48. The van der Waals surface area contributed by atoms with Crippen LogP contribution >= 0.6 is 0 Å². The van der Waals surface area contributed by atoms with Gasteiger partial charge in [0.25, 0.3) is 0 Å². The minimum absolute atomic E-state index is 0.619. The molecule has 0 radical (unpaired) electrons. The maximum atomic E-state index is 5.42. The maximum absolute atomic E-state index is 5.42. The van der Waals surface area contributed by atoms with Crippen LogP contribution in [-0.4, -0.2) is 6.54 Å². The first-order valence-corrected chi connectivity index (χ1v) is 3.34. The standard InChI is InChI=1S/C8H12N2/c9-5-7-1-2-8(6-10)4-3-7/h1-3,6H,4-5,9-10H2. The molecule has 0 saturated carbocycles. The fraction of sp³-hybridized carbons (Fsp3) is 0.250.